The smallest absolute Gasteiger partial charge is 0.119 e. The van der Waals surface area contributed by atoms with Gasteiger partial charge in [-0.25, -0.2) is 0 Å². The Labute approximate surface area is 91.5 Å². The minimum atomic E-state index is 0.0212. The summed E-state index contributed by atoms with van der Waals surface area (Å²) in [6.07, 6.45) is 4.98. The third kappa shape index (κ3) is 1.71. The van der Waals surface area contributed by atoms with Gasteiger partial charge < -0.3 is 9.47 Å². The van der Waals surface area contributed by atoms with Crippen LogP contribution in [0, 0.1) is 11.3 Å². The van der Waals surface area contributed by atoms with Gasteiger partial charge in [0, 0.05) is 6.54 Å². The van der Waals surface area contributed by atoms with Gasteiger partial charge in [0.05, 0.1) is 25.2 Å². The Kier molecular flexibility index (Phi) is 2.31. The molecule has 2 heterocycles. The van der Waals surface area contributed by atoms with E-state index >= 15 is 0 Å². The van der Waals surface area contributed by atoms with Crippen LogP contribution < -0.4 is 5.32 Å². The first-order chi connectivity index (χ1) is 7.22. The summed E-state index contributed by atoms with van der Waals surface area (Å²) in [5.74, 6) is 0.879. The van der Waals surface area contributed by atoms with Crippen molar-refractivity contribution in [3.05, 3.63) is 0 Å². The molecule has 15 heavy (non-hydrogen) atoms. The highest BCUT2D eigenvalue weighted by Crippen LogP contribution is 2.39. The minimum Gasteiger partial charge on any atom is -0.380 e. The second-order valence-electron chi connectivity index (χ2n) is 5.81. The fraction of sp³-hybridized carbons (Fsp3) is 1.00. The lowest BCUT2D eigenvalue weighted by Crippen LogP contribution is -2.65. The molecule has 2 saturated heterocycles. The number of hydrogen-bond donors (Lipinski definition) is 1. The van der Waals surface area contributed by atoms with Gasteiger partial charge in [0.2, 0.25) is 0 Å². The van der Waals surface area contributed by atoms with Crippen molar-refractivity contribution in [1.29, 1.82) is 0 Å². The molecule has 0 unspecified atom stereocenters. The molecule has 0 radical (unpaired) electrons. The first kappa shape index (κ1) is 10.1. The molecule has 0 aromatic heterocycles. The molecule has 1 saturated carbocycles. The maximum absolute atomic E-state index is 6.12. The molecule has 0 aromatic rings. The molecule has 3 heteroatoms. The number of ether oxygens (including phenoxy) is 2. The van der Waals surface area contributed by atoms with Crippen molar-refractivity contribution in [2.45, 2.75) is 38.3 Å². The van der Waals surface area contributed by atoms with Gasteiger partial charge in [-0.05, 0) is 31.6 Å². The van der Waals surface area contributed by atoms with Crippen LogP contribution in [0.5, 0.6) is 0 Å². The van der Waals surface area contributed by atoms with Crippen LogP contribution in [0.2, 0.25) is 0 Å². The van der Waals surface area contributed by atoms with Crippen LogP contribution in [0.1, 0.15) is 32.6 Å². The van der Waals surface area contributed by atoms with Gasteiger partial charge in [0.15, 0.2) is 0 Å². The number of hydrogen-bond acceptors (Lipinski definition) is 3. The quantitative estimate of drug-likeness (QED) is 0.659. The molecular formula is C12H21NO2. The molecular weight excluding hydrogens is 190 g/mol. The predicted molar refractivity (Wildman–Crippen MR) is 57.6 cm³/mol. The topological polar surface area (TPSA) is 30.5 Å². The number of rotatable bonds is 0. The van der Waals surface area contributed by atoms with E-state index in [-0.39, 0.29) is 5.72 Å². The minimum absolute atomic E-state index is 0.0212. The Balaban J connectivity index is 1.60. The fourth-order valence-corrected chi connectivity index (χ4v) is 2.87. The largest absolute Gasteiger partial charge is 0.380 e. The Morgan fingerprint density at radius 3 is 2.33 bits per heavy atom. The summed E-state index contributed by atoms with van der Waals surface area (Å²) >= 11 is 0. The second-order valence-corrected chi connectivity index (χ2v) is 5.81. The molecule has 3 aliphatic rings. The van der Waals surface area contributed by atoms with Gasteiger partial charge in [0.25, 0.3) is 0 Å². The molecule has 0 bridgehead atoms. The van der Waals surface area contributed by atoms with Crippen molar-refractivity contribution >= 4 is 0 Å². The van der Waals surface area contributed by atoms with Crippen molar-refractivity contribution in [2.24, 2.45) is 11.3 Å². The van der Waals surface area contributed by atoms with Crippen molar-refractivity contribution in [2.75, 3.05) is 26.4 Å². The lowest BCUT2D eigenvalue weighted by Gasteiger charge is -2.52. The lowest BCUT2D eigenvalue weighted by molar-refractivity contribution is -0.230. The van der Waals surface area contributed by atoms with Crippen molar-refractivity contribution < 1.29 is 9.47 Å². The first-order valence-corrected chi connectivity index (χ1v) is 6.19. The van der Waals surface area contributed by atoms with Crippen LogP contribution in [-0.4, -0.2) is 32.1 Å². The second kappa shape index (κ2) is 3.44. The third-order valence-corrected chi connectivity index (χ3v) is 4.34. The zero-order chi connectivity index (χ0) is 10.4. The maximum atomic E-state index is 6.12. The van der Waals surface area contributed by atoms with Crippen LogP contribution in [0.4, 0.5) is 0 Å². The molecule has 2 spiro atoms. The van der Waals surface area contributed by atoms with Gasteiger partial charge in [-0.2, -0.15) is 0 Å². The summed E-state index contributed by atoms with van der Waals surface area (Å²) in [7, 11) is 0. The van der Waals surface area contributed by atoms with Crippen molar-refractivity contribution in [3.8, 4) is 0 Å². The van der Waals surface area contributed by atoms with E-state index in [1.165, 1.54) is 25.7 Å². The molecule has 3 rings (SSSR count). The van der Waals surface area contributed by atoms with Crippen LogP contribution in [0.25, 0.3) is 0 Å². The molecule has 0 amide bonds. The van der Waals surface area contributed by atoms with Crippen LogP contribution in [0.15, 0.2) is 0 Å². The van der Waals surface area contributed by atoms with E-state index in [1.54, 1.807) is 0 Å². The molecule has 1 N–H and O–H groups in total. The summed E-state index contributed by atoms with van der Waals surface area (Å²) in [6.45, 7) is 6.09. The van der Waals surface area contributed by atoms with E-state index in [9.17, 15) is 0 Å². The zero-order valence-corrected chi connectivity index (χ0v) is 9.55. The van der Waals surface area contributed by atoms with Crippen molar-refractivity contribution in [1.82, 2.24) is 5.32 Å². The fourth-order valence-electron chi connectivity index (χ4n) is 2.87. The molecule has 1 aliphatic carbocycles. The SMILES string of the molecule is CC1CCC2(CC1)NCC1(COC1)CO2. The van der Waals surface area contributed by atoms with E-state index in [1.807, 2.05) is 0 Å². The Bertz CT molecular complexity index is 230. The van der Waals surface area contributed by atoms with E-state index < -0.39 is 0 Å². The average molecular weight is 211 g/mol. The van der Waals surface area contributed by atoms with Crippen LogP contribution in [0.3, 0.4) is 0 Å². The molecule has 86 valence electrons. The van der Waals surface area contributed by atoms with Gasteiger partial charge in [-0.3, -0.25) is 5.32 Å². The normalized spacial score (nSPS) is 44.2. The monoisotopic (exact) mass is 211 g/mol. The third-order valence-electron chi connectivity index (χ3n) is 4.34. The molecule has 2 aliphatic heterocycles. The zero-order valence-electron chi connectivity index (χ0n) is 9.55. The summed E-state index contributed by atoms with van der Waals surface area (Å²) < 4.78 is 11.4. The summed E-state index contributed by atoms with van der Waals surface area (Å²) in [5, 5.41) is 3.65. The molecule has 3 nitrogen and oxygen atoms in total. The van der Waals surface area contributed by atoms with Gasteiger partial charge in [0.1, 0.15) is 5.72 Å². The first-order valence-electron chi connectivity index (χ1n) is 6.19. The highest BCUT2D eigenvalue weighted by molar-refractivity contribution is 4.96. The predicted octanol–water partition coefficient (Wildman–Crippen LogP) is 1.53. The molecule has 0 atom stereocenters. The van der Waals surface area contributed by atoms with Crippen LogP contribution in [-0.2, 0) is 9.47 Å². The molecule has 0 aromatic carbocycles. The van der Waals surface area contributed by atoms with E-state index in [0.29, 0.717) is 5.41 Å². The summed E-state index contributed by atoms with van der Waals surface area (Å²) in [4.78, 5) is 0. The standard InChI is InChI=1S/C12H21NO2/c1-10-2-4-12(5-3-10)13-6-11(9-15-12)7-14-8-11/h10,13H,2-9H2,1H3. The van der Waals surface area contributed by atoms with E-state index in [4.69, 9.17) is 9.47 Å². The van der Waals surface area contributed by atoms with Gasteiger partial charge >= 0.3 is 0 Å². The lowest BCUT2D eigenvalue weighted by atomic mass is 9.80. The van der Waals surface area contributed by atoms with E-state index in [2.05, 4.69) is 12.2 Å². The number of nitrogens with one attached hydrogen (secondary N) is 1. The Morgan fingerprint density at radius 1 is 1.13 bits per heavy atom. The van der Waals surface area contributed by atoms with Gasteiger partial charge in [-0.1, -0.05) is 6.92 Å². The average Bonchev–Trinajstić information content (AvgIpc) is 2.22. The Morgan fingerprint density at radius 2 is 1.87 bits per heavy atom. The highest BCUT2D eigenvalue weighted by Gasteiger charge is 2.48. The summed E-state index contributed by atoms with van der Waals surface area (Å²) in [6, 6.07) is 0. The highest BCUT2D eigenvalue weighted by atomic mass is 16.5. The van der Waals surface area contributed by atoms with E-state index in [0.717, 1.165) is 32.3 Å². The summed E-state index contributed by atoms with van der Waals surface area (Å²) in [5.41, 5.74) is 0.335. The Hall–Kier alpha value is -0.120. The van der Waals surface area contributed by atoms with Gasteiger partial charge in [-0.15, -0.1) is 0 Å². The molecule has 3 fully saturated rings. The maximum Gasteiger partial charge on any atom is 0.119 e. The van der Waals surface area contributed by atoms with Crippen LogP contribution >= 0.6 is 0 Å². The van der Waals surface area contributed by atoms with Crippen molar-refractivity contribution in [3.63, 3.8) is 0 Å².